The Morgan fingerprint density at radius 3 is 2.41 bits per heavy atom. The summed E-state index contributed by atoms with van der Waals surface area (Å²) in [5.74, 6) is 0.0802. The Balaban J connectivity index is 0.00000302. The summed E-state index contributed by atoms with van der Waals surface area (Å²) in [6.45, 7) is 1.51. The van der Waals surface area contributed by atoms with Gasteiger partial charge in [0.1, 0.15) is 5.84 Å². The third-order valence-corrected chi connectivity index (χ3v) is 8.62. The number of amidine groups is 1. The molecule has 4 aliphatic heterocycles. The maximum absolute atomic E-state index is 14.0. The minimum Gasteiger partial charge on any atom is -0.454 e. The molecule has 0 unspecified atom stereocenters. The van der Waals surface area contributed by atoms with Gasteiger partial charge in [-0.15, -0.1) is 12.4 Å². The summed E-state index contributed by atoms with van der Waals surface area (Å²) in [6, 6.07) is 22.7. The van der Waals surface area contributed by atoms with Crippen molar-refractivity contribution in [3.8, 4) is 11.5 Å². The zero-order valence-electron chi connectivity index (χ0n) is 22.3. The molecule has 0 aliphatic carbocycles. The third-order valence-electron chi connectivity index (χ3n) is 8.62. The van der Waals surface area contributed by atoms with Crippen molar-refractivity contribution < 1.29 is 23.8 Å². The first-order valence-corrected chi connectivity index (χ1v) is 13.6. The van der Waals surface area contributed by atoms with Gasteiger partial charge in [-0.05, 0) is 35.2 Å². The molecule has 0 saturated carbocycles. The lowest BCUT2D eigenvalue weighted by molar-refractivity contribution is -0.142. The van der Waals surface area contributed by atoms with E-state index in [4.69, 9.17) is 25.4 Å². The molecule has 3 aromatic rings. The molecule has 3 fully saturated rings. The molecule has 9 nitrogen and oxygen atoms in total. The Labute approximate surface area is 244 Å². The highest BCUT2D eigenvalue weighted by Crippen LogP contribution is 2.53. The van der Waals surface area contributed by atoms with Gasteiger partial charge in [0.05, 0.1) is 31.1 Å². The molecular formula is C31H31ClN4O5. The highest BCUT2D eigenvalue weighted by Gasteiger charge is 2.64. The van der Waals surface area contributed by atoms with Crippen LogP contribution in [0.5, 0.6) is 11.5 Å². The molecule has 0 radical (unpaired) electrons. The lowest BCUT2D eigenvalue weighted by atomic mass is 9.84. The fourth-order valence-electron chi connectivity index (χ4n) is 6.79. The Kier molecular flexibility index (Phi) is 7.19. The number of likely N-dealkylation sites (tertiary alicyclic amines) is 1. The molecule has 212 valence electrons. The second-order valence-electron chi connectivity index (χ2n) is 10.9. The van der Waals surface area contributed by atoms with Gasteiger partial charge in [0.2, 0.25) is 18.6 Å². The molecule has 0 spiro atoms. The topological polar surface area (TPSA) is 118 Å². The quantitative estimate of drug-likeness (QED) is 0.251. The maximum atomic E-state index is 14.0. The van der Waals surface area contributed by atoms with E-state index in [0.717, 1.165) is 16.7 Å². The summed E-state index contributed by atoms with van der Waals surface area (Å²) in [5, 5.41) is 7.76. The fraction of sp³-hybridized carbons (Fsp3) is 0.323. The Hall–Kier alpha value is -3.92. The molecule has 10 heteroatoms. The predicted molar refractivity (Wildman–Crippen MR) is 153 cm³/mol. The molecule has 7 rings (SSSR count). The van der Waals surface area contributed by atoms with Gasteiger partial charge < -0.3 is 19.9 Å². The van der Waals surface area contributed by atoms with Crippen LogP contribution in [0.2, 0.25) is 0 Å². The summed E-state index contributed by atoms with van der Waals surface area (Å²) in [5.41, 5.74) is 9.18. The van der Waals surface area contributed by atoms with Crippen molar-refractivity contribution in [2.45, 2.75) is 37.8 Å². The number of hydrogen-bond acceptors (Lipinski definition) is 7. The first-order chi connectivity index (χ1) is 19.5. The minimum atomic E-state index is -0.482. The third kappa shape index (κ3) is 4.73. The first kappa shape index (κ1) is 27.3. The van der Waals surface area contributed by atoms with Crippen molar-refractivity contribution in [3.63, 3.8) is 0 Å². The van der Waals surface area contributed by atoms with Crippen molar-refractivity contribution in [3.05, 3.63) is 95.1 Å². The van der Waals surface area contributed by atoms with Crippen LogP contribution in [0.3, 0.4) is 0 Å². The maximum Gasteiger partial charge on any atom is 0.235 e. The zero-order valence-corrected chi connectivity index (χ0v) is 23.1. The Bertz CT molecular complexity index is 1480. The van der Waals surface area contributed by atoms with Crippen LogP contribution in [0.4, 0.5) is 0 Å². The van der Waals surface area contributed by atoms with Gasteiger partial charge in [-0.3, -0.25) is 24.8 Å². The van der Waals surface area contributed by atoms with E-state index in [0.29, 0.717) is 36.6 Å². The van der Waals surface area contributed by atoms with Crippen molar-refractivity contribution in [2.24, 2.45) is 17.6 Å². The molecular weight excluding hydrogens is 544 g/mol. The van der Waals surface area contributed by atoms with Gasteiger partial charge in [-0.1, -0.05) is 60.7 Å². The largest absolute Gasteiger partial charge is 0.454 e. The van der Waals surface area contributed by atoms with E-state index in [-0.39, 0.29) is 61.6 Å². The van der Waals surface area contributed by atoms with Crippen LogP contribution in [0.1, 0.15) is 34.7 Å². The molecule has 0 aromatic heterocycles. The number of imide groups is 1. The van der Waals surface area contributed by atoms with E-state index >= 15 is 0 Å². The van der Waals surface area contributed by atoms with Crippen LogP contribution >= 0.6 is 12.4 Å². The van der Waals surface area contributed by atoms with E-state index < -0.39 is 11.8 Å². The lowest BCUT2D eigenvalue weighted by Crippen LogP contribution is -2.39. The molecule has 3 N–H and O–H groups in total. The van der Waals surface area contributed by atoms with Crippen molar-refractivity contribution in [1.29, 1.82) is 5.41 Å². The second-order valence-corrected chi connectivity index (χ2v) is 10.9. The molecule has 0 bridgehead atoms. The molecule has 41 heavy (non-hydrogen) atoms. The molecule has 5 atom stereocenters. The number of nitrogen functional groups attached to an aromatic ring is 1. The molecule has 4 aliphatic rings. The van der Waals surface area contributed by atoms with Crippen LogP contribution in [0, 0.1) is 17.2 Å². The number of hydrogen-bond donors (Lipinski definition) is 2. The Morgan fingerprint density at radius 2 is 1.66 bits per heavy atom. The number of nitrogens with one attached hydrogen (secondary N) is 1. The normalized spacial score (nSPS) is 26.1. The van der Waals surface area contributed by atoms with Crippen LogP contribution in [0.25, 0.3) is 0 Å². The summed E-state index contributed by atoms with van der Waals surface area (Å²) < 4.78 is 17.2. The summed E-state index contributed by atoms with van der Waals surface area (Å²) >= 11 is 0. The molecule has 2 amide bonds. The van der Waals surface area contributed by atoms with Gasteiger partial charge in [0, 0.05) is 24.2 Å². The number of ether oxygens (including phenoxy) is 3. The van der Waals surface area contributed by atoms with E-state index in [1.54, 1.807) is 0 Å². The SMILES string of the molecule is Cl.N=C(N)c1ccc([C@H]2[C@H]3C(=O)N(Cc4ccc5c(c4)OCO5)C(=O)[C@H]3[C@@H]3C[C@H](OCc4ccccc4)CN32)cc1. The van der Waals surface area contributed by atoms with Crippen LogP contribution in [-0.4, -0.2) is 52.9 Å². The van der Waals surface area contributed by atoms with Crippen LogP contribution in [-0.2, 0) is 27.5 Å². The van der Waals surface area contributed by atoms with E-state index in [2.05, 4.69) is 4.90 Å². The lowest BCUT2D eigenvalue weighted by Gasteiger charge is -2.29. The van der Waals surface area contributed by atoms with Gasteiger partial charge in [0.25, 0.3) is 0 Å². The highest BCUT2D eigenvalue weighted by molar-refractivity contribution is 6.06. The summed E-state index contributed by atoms with van der Waals surface area (Å²) in [6.07, 6.45) is 0.642. The van der Waals surface area contributed by atoms with Crippen LogP contribution < -0.4 is 15.2 Å². The fourth-order valence-corrected chi connectivity index (χ4v) is 6.79. The van der Waals surface area contributed by atoms with Crippen LogP contribution in [0.15, 0.2) is 72.8 Å². The Morgan fingerprint density at radius 1 is 0.927 bits per heavy atom. The number of carbonyl (C=O) groups is 2. The summed E-state index contributed by atoms with van der Waals surface area (Å²) in [7, 11) is 0. The number of nitrogens with two attached hydrogens (primary N) is 1. The monoisotopic (exact) mass is 574 g/mol. The number of rotatable bonds is 7. The smallest absolute Gasteiger partial charge is 0.235 e. The van der Waals surface area contributed by atoms with Crippen molar-refractivity contribution in [2.75, 3.05) is 13.3 Å². The number of fused-ring (bicyclic) bond motifs is 4. The first-order valence-electron chi connectivity index (χ1n) is 13.6. The van der Waals surface area contributed by atoms with Gasteiger partial charge in [0.15, 0.2) is 11.5 Å². The van der Waals surface area contributed by atoms with E-state index in [1.807, 2.05) is 72.8 Å². The van der Waals surface area contributed by atoms with Gasteiger partial charge in [-0.2, -0.15) is 0 Å². The number of benzene rings is 3. The average Bonchev–Trinajstić information content (AvgIpc) is 3.72. The zero-order chi connectivity index (χ0) is 27.4. The van der Waals surface area contributed by atoms with Gasteiger partial charge in [-0.25, -0.2) is 0 Å². The predicted octanol–water partition coefficient (Wildman–Crippen LogP) is 3.64. The standard InChI is InChI=1S/C31H30N4O5.ClH/c32-29(33)21-9-7-20(8-10-21)28-27-26(23-13-22(15-34(23)28)38-16-18-4-2-1-3-5-18)30(36)35(31(27)37)14-19-6-11-24-25(12-19)40-17-39-24;/h1-12,22-23,26-28H,13-17H2,(H3,32,33);1H/t22-,23-,26-,27-,28-;/m0./s1. The number of carbonyl (C=O) groups excluding carboxylic acids is 2. The van der Waals surface area contributed by atoms with E-state index in [1.165, 1.54) is 4.90 Å². The highest BCUT2D eigenvalue weighted by atomic mass is 35.5. The number of nitrogens with zero attached hydrogens (tertiary/aromatic N) is 2. The van der Waals surface area contributed by atoms with Crippen molar-refractivity contribution >= 4 is 30.1 Å². The van der Waals surface area contributed by atoms with Gasteiger partial charge >= 0.3 is 0 Å². The minimum absolute atomic E-state index is 0. The summed E-state index contributed by atoms with van der Waals surface area (Å²) in [4.78, 5) is 31.6. The number of amides is 2. The van der Waals surface area contributed by atoms with Crippen molar-refractivity contribution in [1.82, 2.24) is 9.80 Å². The molecule has 3 aromatic carbocycles. The average molecular weight is 575 g/mol. The van der Waals surface area contributed by atoms with E-state index in [9.17, 15) is 9.59 Å². The molecule has 4 heterocycles. The second kappa shape index (κ2) is 10.8. The molecule has 3 saturated heterocycles. The number of halogens is 1.